The lowest BCUT2D eigenvalue weighted by molar-refractivity contribution is -0.137. The van der Waals surface area contributed by atoms with Crippen molar-refractivity contribution in [3.63, 3.8) is 0 Å². The molecule has 0 saturated heterocycles. The Labute approximate surface area is 106 Å². The lowest BCUT2D eigenvalue weighted by Crippen LogP contribution is -2.07. The van der Waals surface area contributed by atoms with Gasteiger partial charge in [-0.05, 0) is 11.6 Å². The molecule has 0 aliphatic heterocycles. The third-order valence-electron chi connectivity index (χ3n) is 2.35. The molecule has 2 nitrogen and oxygen atoms in total. The number of aromatic nitrogens is 1. The van der Waals surface area contributed by atoms with E-state index in [0.717, 1.165) is 6.07 Å². The summed E-state index contributed by atoms with van der Waals surface area (Å²) >= 11 is 5.77. The highest BCUT2D eigenvalue weighted by atomic mass is 35.5. The van der Waals surface area contributed by atoms with Gasteiger partial charge in [-0.15, -0.1) is 0 Å². The van der Waals surface area contributed by atoms with Gasteiger partial charge in [0.1, 0.15) is 0 Å². The Morgan fingerprint density at radius 1 is 1.39 bits per heavy atom. The topological polar surface area (TPSA) is 30.0 Å². The number of pyridine rings is 1. The van der Waals surface area contributed by atoms with Crippen molar-refractivity contribution in [2.24, 2.45) is 0 Å². The Kier molecular flexibility index (Phi) is 3.26. The molecule has 0 unspecified atom stereocenters. The van der Waals surface area contributed by atoms with Gasteiger partial charge in [0.05, 0.1) is 16.3 Å². The minimum atomic E-state index is -4.49. The molecule has 1 radical (unpaired) electrons. The van der Waals surface area contributed by atoms with Crippen molar-refractivity contribution in [2.45, 2.75) is 12.6 Å². The summed E-state index contributed by atoms with van der Waals surface area (Å²) in [5.41, 5.74) is -0.241. The number of carbonyl (C=O) groups is 1. The van der Waals surface area contributed by atoms with Crippen LogP contribution >= 0.6 is 11.6 Å². The van der Waals surface area contributed by atoms with Crippen LogP contribution in [0.5, 0.6) is 0 Å². The number of Topliss-reactive ketones (excluding diaryl/α,β-unsaturated/α-hetero) is 1. The Balaban J connectivity index is 2.40. The van der Waals surface area contributed by atoms with Crippen molar-refractivity contribution >= 4 is 23.0 Å². The summed E-state index contributed by atoms with van der Waals surface area (Å²) in [6.07, 6.45) is 1.66. The Morgan fingerprint density at radius 2 is 2.11 bits per heavy atom. The first kappa shape index (κ1) is 12.8. The second-order valence-corrected chi connectivity index (χ2v) is 4.06. The highest BCUT2D eigenvalue weighted by molar-refractivity contribution is 6.32. The van der Waals surface area contributed by atoms with Crippen LogP contribution in [-0.2, 0) is 11.0 Å². The van der Waals surface area contributed by atoms with Crippen LogP contribution in [-0.4, -0.2) is 10.8 Å². The molecule has 0 N–H and O–H groups in total. The predicted molar refractivity (Wildman–Crippen MR) is 59.7 cm³/mol. The standard InChI is InChI=1S/C12H6ClF3NO/c13-10-5-8(12(14,15)16)6-17-11(10)7-2-1-3-9(18)4-7/h1-2,5-6H,4H2. The first-order valence-corrected chi connectivity index (χ1v) is 5.30. The monoisotopic (exact) mass is 272 g/mol. The summed E-state index contributed by atoms with van der Waals surface area (Å²) in [6, 6.07) is 0.803. The molecule has 1 aliphatic carbocycles. The van der Waals surface area contributed by atoms with Crippen molar-refractivity contribution < 1.29 is 18.0 Å². The zero-order valence-electron chi connectivity index (χ0n) is 8.88. The van der Waals surface area contributed by atoms with E-state index < -0.39 is 11.7 Å². The third kappa shape index (κ3) is 2.61. The van der Waals surface area contributed by atoms with E-state index in [1.807, 2.05) is 0 Å². The van der Waals surface area contributed by atoms with Crippen LogP contribution in [0.4, 0.5) is 13.2 Å². The van der Waals surface area contributed by atoms with E-state index in [1.54, 1.807) is 6.08 Å². The summed E-state index contributed by atoms with van der Waals surface area (Å²) in [6.45, 7) is 0. The van der Waals surface area contributed by atoms with E-state index in [4.69, 9.17) is 11.6 Å². The van der Waals surface area contributed by atoms with Crippen LogP contribution in [0, 0.1) is 6.08 Å². The molecule has 0 spiro atoms. The van der Waals surface area contributed by atoms with Crippen molar-refractivity contribution in [1.82, 2.24) is 4.98 Å². The minimum Gasteiger partial charge on any atom is -0.294 e. The third-order valence-corrected chi connectivity index (χ3v) is 2.64. The number of ketones is 1. The molecular formula is C12H6ClF3NO. The first-order valence-electron chi connectivity index (χ1n) is 4.93. The fraction of sp³-hybridized carbons (Fsp3) is 0.167. The van der Waals surface area contributed by atoms with Crippen LogP contribution in [0.3, 0.4) is 0 Å². The molecule has 0 aromatic carbocycles. The Morgan fingerprint density at radius 3 is 2.67 bits per heavy atom. The first-order chi connectivity index (χ1) is 8.38. The van der Waals surface area contributed by atoms with Gasteiger partial charge in [-0.25, -0.2) is 0 Å². The number of hydrogen-bond acceptors (Lipinski definition) is 2. The largest absolute Gasteiger partial charge is 0.417 e. The zero-order chi connectivity index (χ0) is 13.3. The summed E-state index contributed by atoms with van der Waals surface area (Å²) < 4.78 is 37.3. The summed E-state index contributed by atoms with van der Waals surface area (Å²) in [7, 11) is 0. The second-order valence-electron chi connectivity index (χ2n) is 3.66. The molecule has 0 bridgehead atoms. The van der Waals surface area contributed by atoms with E-state index in [2.05, 4.69) is 11.1 Å². The van der Waals surface area contributed by atoms with E-state index in [-0.39, 0.29) is 22.9 Å². The Hall–Kier alpha value is -1.62. The number of carbonyl (C=O) groups excluding carboxylic acids is 1. The van der Waals surface area contributed by atoms with E-state index in [1.165, 1.54) is 6.08 Å². The normalized spacial score (nSPS) is 15.8. The molecule has 1 aromatic rings. The molecule has 1 aliphatic rings. The van der Waals surface area contributed by atoms with Gasteiger partial charge in [-0.1, -0.05) is 23.8 Å². The molecule has 0 amide bonds. The molecule has 18 heavy (non-hydrogen) atoms. The number of rotatable bonds is 1. The number of nitrogens with zero attached hydrogens (tertiary/aromatic N) is 1. The van der Waals surface area contributed by atoms with Crippen molar-refractivity contribution in [1.29, 1.82) is 0 Å². The maximum Gasteiger partial charge on any atom is 0.417 e. The fourth-order valence-corrected chi connectivity index (χ4v) is 1.80. The van der Waals surface area contributed by atoms with E-state index in [0.29, 0.717) is 11.8 Å². The molecule has 93 valence electrons. The Bertz CT molecular complexity index is 561. The number of hydrogen-bond donors (Lipinski definition) is 0. The molecule has 0 fully saturated rings. The predicted octanol–water partition coefficient (Wildman–Crippen LogP) is 3.47. The fourth-order valence-electron chi connectivity index (χ4n) is 1.51. The molecule has 1 heterocycles. The van der Waals surface area contributed by atoms with Crippen LogP contribution in [0.2, 0.25) is 5.02 Å². The lowest BCUT2D eigenvalue weighted by atomic mass is 10.0. The van der Waals surface area contributed by atoms with Gasteiger partial charge in [0.15, 0.2) is 5.78 Å². The molecule has 0 atom stereocenters. The van der Waals surface area contributed by atoms with Gasteiger partial charge in [0.2, 0.25) is 0 Å². The van der Waals surface area contributed by atoms with Crippen LogP contribution in [0.25, 0.3) is 5.57 Å². The number of alkyl halides is 3. The highest BCUT2D eigenvalue weighted by Gasteiger charge is 2.31. The molecule has 6 heteroatoms. The number of allylic oxidation sites excluding steroid dienone is 4. The minimum absolute atomic E-state index is 0.0363. The smallest absolute Gasteiger partial charge is 0.294 e. The molecule has 0 saturated carbocycles. The van der Waals surface area contributed by atoms with Gasteiger partial charge in [0, 0.05) is 18.7 Å². The van der Waals surface area contributed by atoms with Gasteiger partial charge >= 0.3 is 6.18 Å². The van der Waals surface area contributed by atoms with Gasteiger partial charge in [-0.2, -0.15) is 13.2 Å². The summed E-state index contributed by atoms with van der Waals surface area (Å²) in [5.74, 6) is -0.259. The molecule has 1 aromatic heterocycles. The SMILES string of the molecule is O=C1[C]=CC=C(c2ncc(C(F)(F)F)cc2Cl)C1. The van der Waals surface area contributed by atoms with Crippen LogP contribution in [0.1, 0.15) is 17.7 Å². The van der Waals surface area contributed by atoms with Crippen molar-refractivity contribution in [3.05, 3.63) is 46.8 Å². The average molecular weight is 273 g/mol. The maximum atomic E-state index is 12.4. The maximum absolute atomic E-state index is 12.4. The summed E-state index contributed by atoms with van der Waals surface area (Å²) in [4.78, 5) is 14.8. The van der Waals surface area contributed by atoms with Crippen LogP contribution < -0.4 is 0 Å². The quantitative estimate of drug-likeness (QED) is 0.783. The van der Waals surface area contributed by atoms with Gasteiger partial charge in [0.25, 0.3) is 0 Å². The van der Waals surface area contributed by atoms with Crippen molar-refractivity contribution in [3.8, 4) is 0 Å². The highest BCUT2D eigenvalue weighted by Crippen LogP contribution is 2.33. The average Bonchev–Trinajstić information content (AvgIpc) is 2.27. The van der Waals surface area contributed by atoms with Crippen molar-refractivity contribution in [2.75, 3.05) is 0 Å². The second kappa shape index (κ2) is 4.57. The number of halogens is 4. The lowest BCUT2D eigenvalue weighted by Gasteiger charge is -2.11. The van der Waals surface area contributed by atoms with E-state index >= 15 is 0 Å². The van der Waals surface area contributed by atoms with Gasteiger partial charge in [-0.3, -0.25) is 9.78 Å². The molecule has 2 rings (SSSR count). The summed E-state index contributed by atoms with van der Waals surface area (Å²) in [5, 5.41) is -0.126. The van der Waals surface area contributed by atoms with Gasteiger partial charge < -0.3 is 0 Å². The molecular weight excluding hydrogens is 267 g/mol. The van der Waals surface area contributed by atoms with E-state index in [9.17, 15) is 18.0 Å². The van der Waals surface area contributed by atoms with Crippen LogP contribution in [0.15, 0.2) is 24.4 Å². The zero-order valence-corrected chi connectivity index (χ0v) is 9.64.